The lowest BCUT2D eigenvalue weighted by molar-refractivity contribution is 0.0994. The van der Waals surface area contributed by atoms with Gasteiger partial charge in [-0.25, -0.2) is 4.98 Å². The molecule has 0 radical (unpaired) electrons. The predicted molar refractivity (Wildman–Crippen MR) is 93.3 cm³/mol. The van der Waals surface area contributed by atoms with E-state index in [0.29, 0.717) is 17.7 Å². The number of hydrogen-bond acceptors (Lipinski definition) is 5. The molecule has 10 heteroatoms. The Labute approximate surface area is 149 Å². The maximum atomic E-state index is 12.6. The first-order valence-corrected chi connectivity index (χ1v) is 9.36. The zero-order chi connectivity index (χ0) is 18.5. The number of hydrogen-bond donors (Lipinski definition) is 2. The summed E-state index contributed by atoms with van der Waals surface area (Å²) in [6, 6.07) is 7.60. The molecule has 0 aliphatic heterocycles. The molecular weight excluding hydrogens is 356 g/mol. The van der Waals surface area contributed by atoms with Gasteiger partial charge in [0.05, 0.1) is 12.0 Å². The molecule has 0 atom stereocenters. The van der Waals surface area contributed by atoms with Gasteiger partial charge >= 0.3 is 0 Å². The van der Waals surface area contributed by atoms with Crippen molar-refractivity contribution in [2.45, 2.75) is 17.9 Å². The zero-order valence-electron chi connectivity index (χ0n) is 13.9. The second kappa shape index (κ2) is 5.70. The number of rotatable bonds is 4. The van der Waals surface area contributed by atoms with Crippen molar-refractivity contribution in [3.8, 4) is 11.3 Å². The van der Waals surface area contributed by atoms with Gasteiger partial charge in [0.25, 0.3) is 15.9 Å². The van der Waals surface area contributed by atoms with Crippen LogP contribution in [0.2, 0.25) is 0 Å². The lowest BCUT2D eigenvalue weighted by atomic mass is 9.89. The summed E-state index contributed by atoms with van der Waals surface area (Å²) >= 11 is 0. The van der Waals surface area contributed by atoms with Crippen molar-refractivity contribution in [2.75, 3.05) is 4.83 Å². The highest BCUT2D eigenvalue weighted by Crippen LogP contribution is 2.35. The molecule has 0 bridgehead atoms. The molecule has 0 saturated carbocycles. The van der Waals surface area contributed by atoms with Gasteiger partial charge in [0.2, 0.25) is 0 Å². The maximum Gasteiger partial charge on any atom is 0.295 e. The lowest BCUT2D eigenvalue weighted by Crippen LogP contribution is -2.26. The number of carbonyl (C=O) groups excluding carboxylic acids is 1. The van der Waals surface area contributed by atoms with Crippen LogP contribution in [0.5, 0.6) is 0 Å². The third-order valence-electron chi connectivity index (χ3n) is 4.30. The van der Waals surface area contributed by atoms with E-state index in [0.717, 1.165) is 22.3 Å². The topological polar surface area (TPSA) is 125 Å². The SMILES string of the molecule is Cn1cnc(S(=O)(=O)Nn2nc(C(N)=O)c3c2-c2ccccc2CC3)c1. The molecule has 0 unspecified atom stereocenters. The molecular formula is C16H16N6O3S. The molecule has 0 saturated heterocycles. The quantitative estimate of drug-likeness (QED) is 0.686. The van der Waals surface area contributed by atoms with Crippen LogP contribution in [0.3, 0.4) is 0 Å². The number of nitrogens with one attached hydrogen (secondary N) is 1. The number of fused-ring (bicyclic) bond motifs is 3. The Balaban J connectivity index is 1.87. The third-order valence-corrected chi connectivity index (χ3v) is 5.47. The average molecular weight is 372 g/mol. The van der Waals surface area contributed by atoms with Gasteiger partial charge in [0, 0.05) is 24.4 Å². The number of aromatic nitrogens is 4. The second-order valence-corrected chi connectivity index (χ2v) is 7.69. The summed E-state index contributed by atoms with van der Waals surface area (Å²) in [5, 5.41) is 3.98. The number of nitrogens with zero attached hydrogens (tertiary/aromatic N) is 4. The number of nitrogens with two attached hydrogens (primary N) is 1. The van der Waals surface area contributed by atoms with E-state index in [-0.39, 0.29) is 10.7 Å². The van der Waals surface area contributed by atoms with E-state index < -0.39 is 15.9 Å². The van der Waals surface area contributed by atoms with E-state index in [9.17, 15) is 13.2 Å². The van der Waals surface area contributed by atoms with Crippen LogP contribution in [0.15, 0.2) is 41.8 Å². The molecule has 9 nitrogen and oxygen atoms in total. The first-order chi connectivity index (χ1) is 12.4. The Morgan fingerprint density at radius 1 is 1.27 bits per heavy atom. The van der Waals surface area contributed by atoms with Crippen molar-refractivity contribution in [2.24, 2.45) is 12.8 Å². The van der Waals surface area contributed by atoms with E-state index in [1.807, 2.05) is 24.3 Å². The van der Waals surface area contributed by atoms with Crippen LogP contribution in [0.25, 0.3) is 11.3 Å². The third kappa shape index (κ3) is 2.54. The fourth-order valence-corrected chi connectivity index (χ4v) is 4.09. The van der Waals surface area contributed by atoms with Gasteiger partial charge in [0.15, 0.2) is 10.7 Å². The molecule has 1 aliphatic rings. The standard InChI is InChI=1S/C16H16N6O3S/c1-21-8-13(18-9-21)26(24,25)20-22-15-11-5-3-2-4-10(11)6-7-12(15)14(19-22)16(17)23/h2-5,8-9,20H,6-7H2,1H3,(H2,17,23). The number of primary amides is 1. The number of carbonyl (C=O) groups is 1. The first-order valence-electron chi connectivity index (χ1n) is 7.87. The summed E-state index contributed by atoms with van der Waals surface area (Å²) in [6.45, 7) is 0. The summed E-state index contributed by atoms with van der Waals surface area (Å²) < 4.78 is 26.8. The number of imidazole rings is 1. The summed E-state index contributed by atoms with van der Waals surface area (Å²) in [4.78, 5) is 19.1. The highest BCUT2D eigenvalue weighted by atomic mass is 32.2. The fraction of sp³-hybridized carbons (Fsp3) is 0.188. The van der Waals surface area contributed by atoms with E-state index in [1.54, 1.807) is 7.05 Å². The molecule has 3 N–H and O–H groups in total. The summed E-state index contributed by atoms with van der Waals surface area (Å²) in [5.41, 5.74) is 8.54. The smallest absolute Gasteiger partial charge is 0.295 e. The minimum atomic E-state index is -3.97. The Kier molecular flexibility index (Phi) is 3.58. The van der Waals surface area contributed by atoms with Crippen molar-refractivity contribution >= 4 is 15.9 Å². The Bertz CT molecular complexity index is 1130. The van der Waals surface area contributed by atoms with Crippen molar-refractivity contribution < 1.29 is 13.2 Å². The Hall–Kier alpha value is -3.14. The minimum absolute atomic E-state index is 0.0678. The van der Waals surface area contributed by atoms with Gasteiger partial charge in [-0.3, -0.25) is 4.79 Å². The molecule has 0 spiro atoms. The number of sulfonamides is 1. The van der Waals surface area contributed by atoms with Gasteiger partial charge in [0.1, 0.15) is 0 Å². The van der Waals surface area contributed by atoms with Crippen LogP contribution in [0.1, 0.15) is 21.6 Å². The van der Waals surface area contributed by atoms with Gasteiger partial charge in [-0.1, -0.05) is 24.3 Å². The molecule has 4 rings (SSSR count). The highest BCUT2D eigenvalue weighted by molar-refractivity contribution is 7.92. The van der Waals surface area contributed by atoms with Gasteiger partial charge in [-0.2, -0.15) is 18.0 Å². The van der Waals surface area contributed by atoms with Crippen LogP contribution in [-0.4, -0.2) is 33.8 Å². The van der Waals surface area contributed by atoms with Gasteiger partial charge in [-0.05, 0) is 18.4 Å². The Morgan fingerprint density at radius 2 is 2.04 bits per heavy atom. The molecule has 134 valence electrons. The van der Waals surface area contributed by atoms with E-state index in [2.05, 4.69) is 14.9 Å². The Morgan fingerprint density at radius 3 is 2.73 bits per heavy atom. The number of amides is 1. The van der Waals surface area contributed by atoms with Crippen molar-refractivity contribution in [1.82, 2.24) is 19.4 Å². The monoisotopic (exact) mass is 372 g/mol. The summed E-state index contributed by atoms with van der Waals surface area (Å²) in [7, 11) is -2.30. The highest BCUT2D eigenvalue weighted by Gasteiger charge is 2.29. The van der Waals surface area contributed by atoms with Crippen molar-refractivity contribution in [1.29, 1.82) is 0 Å². The van der Waals surface area contributed by atoms with Crippen LogP contribution in [-0.2, 0) is 29.9 Å². The number of aryl methyl sites for hydroxylation is 2. The largest absolute Gasteiger partial charge is 0.364 e. The molecule has 3 aromatic rings. The molecule has 2 heterocycles. The fourth-order valence-electron chi connectivity index (χ4n) is 3.15. The molecule has 1 aromatic carbocycles. The molecule has 26 heavy (non-hydrogen) atoms. The van der Waals surface area contributed by atoms with Crippen LogP contribution >= 0.6 is 0 Å². The molecule has 0 fully saturated rings. The lowest BCUT2D eigenvalue weighted by Gasteiger charge is -2.18. The van der Waals surface area contributed by atoms with Crippen molar-refractivity contribution in [3.05, 3.63) is 53.6 Å². The van der Waals surface area contributed by atoms with Crippen LogP contribution < -0.4 is 10.6 Å². The van der Waals surface area contributed by atoms with E-state index >= 15 is 0 Å². The van der Waals surface area contributed by atoms with Gasteiger partial charge in [-0.15, -0.1) is 5.10 Å². The molecule has 1 aliphatic carbocycles. The molecule has 2 aromatic heterocycles. The second-order valence-electron chi connectivity index (χ2n) is 6.08. The van der Waals surface area contributed by atoms with Crippen LogP contribution in [0, 0.1) is 0 Å². The van der Waals surface area contributed by atoms with Crippen LogP contribution in [0.4, 0.5) is 0 Å². The summed E-state index contributed by atoms with van der Waals surface area (Å²) in [6.07, 6.45) is 4.04. The van der Waals surface area contributed by atoms with Gasteiger partial charge < -0.3 is 10.3 Å². The first kappa shape index (κ1) is 16.3. The van der Waals surface area contributed by atoms with E-state index in [4.69, 9.17) is 5.73 Å². The summed E-state index contributed by atoms with van der Waals surface area (Å²) in [5.74, 6) is -0.698. The maximum absolute atomic E-state index is 12.6. The molecule has 1 amide bonds. The number of benzene rings is 1. The predicted octanol–water partition coefficient (Wildman–Crippen LogP) is 0.413. The van der Waals surface area contributed by atoms with E-state index in [1.165, 1.54) is 17.1 Å². The minimum Gasteiger partial charge on any atom is -0.364 e. The average Bonchev–Trinajstić information content (AvgIpc) is 3.19. The zero-order valence-corrected chi connectivity index (χ0v) is 14.7. The van der Waals surface area contributed by atoms with Crippen molar-refractivity contribution in [3.63, 3.8) is 0 Å². The normalized spacial score (nSPS) is 13.1.